The van der Waals surface area contributed by atoms with Crippen molar-refractivity contribution in [2.75, 3.05) is 0 Å². The quantitative estimate of drug-likeness (QED) is 0.780. The highest BCUT2D eigenvalue weighted by Gasteiger charge is 2.19. The minimum Gasteiger partial charge on any atom is -0.466 e. The lowest BCUT2D eigenvalue weighted by atomic mass is 10.1. The van der Waals surface area contributed by atoms with Crippen LogP contribution in [-0.4, -0.2) is 14.2 Å². The van der Waals surface area contributed by atoms with Gasteiger partial charge in [0.25, 0.3) is 5.56 Å². The molecule has 90 valence electrons. The molecule has 0 saturated heterocycles. The molecule has 17 heavy (non-hydrogen) atoms. The second-order valence-electron chi connectivity index (χ2n) is 3.76. The van der Waals surface area contributed by atoms with Gasteiger partial charge in [0.1, 0.15) is 11.9 Å². The van der Waals surface area contributed by atoms with Crippen LogP contribution in [0.25, 0.3) is 0 Å². The number of hydrogen-bond donors (Lipinski definition) is 1. The smallest absolute Gasteiger partial charge is 0.330 e. The first-order chi connectivity index (χ1) is 8.02. The van der Waals surface area contributed by atoms with Crippen molar-refractivity contribution in [1.29, 1.82) is 0 Å². The highest BCUT2D eigenvalue weighted by molar-refractivity contribution is 5.19. The number of aryl methyl sites for hydroxylation is 1. The maximum Gasteiger partial charge on any atom is 0.330 e. The lowest BCUT2D eigenvalue weighted by molar-refractivity contribution is 0.186. The molecule has 1 atom stereocenters. The van der Waals surface area contributed by atoms with Crippen LogP contribution in [0.4, 0.5) is 0 Å². The van der Waals surface area contributed by atoms with Gasteiger partial charge in [-0.15, -0.1) is 0 Å². The van der Waals surface area contributed by atoms with E-state index < -0.39 is 17.4 Å². The lowest BCUT2D eigenvalue weighted by Crippen LogP contribution is -2.39. The van der Waals surface area contributed by atoms with Crippen LogP contribution in [0.2, 0.25) is 0 Å². The Labute approximate surface area is 96.4 Å². The molecule has 2 aromatic rings. The summed E-state index contributed by atoms with van der Waals surface area (Å²) in [7, 11) is 2.88. The van der Waals surface area contributed by atoms with E-state index in [-0.39, 0.29) is 11.3 Å². The van der Waals surface area contributed by atoms with Crippen LogP contribution in [0.15, 0.2) is 38.6 Å². The van der Waals surface area contributed by atoms with Crippen molar-refractivity contribution < 1.29 is 9.52 Å². The van der Waals surface area contributed by atoms with E-state index in [1.165, 1.54) is 31.1 Å². The van der Waals surface area contributed by atoms with E-state index in [9.17, 15) is 14.7 Å². The fourth-order valence-electron chi connectivity index (χ4n) is 1.62. The molecule has 6 nitrogen and oxygen atoms in total. The zero-order valence-electron chi connectivity index (χ0n) is 9.45. The predicted octanol–water partition coefficient (Wildman–Crippen LogP) is -0.241. The monoisotopic (exact) mass is 236 g/mol. The van der Waals surface area contributed by atoms with Crippen LogP contribution in [0.5, 0.6) is 0 Å². The molecule has 1 N–H and O–H groups in total. The second kappa shape index (κ2) is 4.06. The Morgan fingerprint density at radius 2 is 2.06 bits per heavy atom. The highest BCUT2D eigenvalue weighted by Crippen LogP contribution is 2.18. The van der Waals surface area contributed by atoms with Crippen molar-refractivity contribution in [1.82, 2.24) is 9.13 Å². The van der Waals surface area contributed by atoms with Crippen molar-refractivity contribution >= 4 is 0 Å². The SMILES string of the molecule is Cn1cc(C(O)c2ccco2)c(=O)n(C)c1=O. The molecule has 0 spiro atoms. The van der Waals surface area contributed by atoms with E-state index in [1.807, 2.05) is 0 Å². The van der Waals surface area contributed by atoms with Crippen molar-refractivity contribution in [3.63, 3.8) is 0 Å². The summed E-state index contributed by atoms with van der Waals surface area (Å²) in [6, 6.07) is 3.18. The van der Waals surface area contributed by atoms with Crippen LogP contribution >= 0.6 is 0 Å². The van der Waals surface area contributed by atoms with Crippen LogP contribution in [0.3, 0.4) is 0 Å². The van der Waals surface area contributed by atoms with Gasteiger partial charge in [0.2, 0.25) is 0 Å². The summed E-state index contributed by atoms with van der Waals surface area (Å²) in [5, 5.41) is 9.98. The van der Waals surface area contributed by atoms with E-state index in [2.05, 4.69) is 0 Å². The van der Waals surface area contributed by atoms with Crippen LogP contribution in [0.1, 0.15) is 17.4 Å². The van der Waals surface area contributed by atoms with Crippen molar-refractivity contribution in [2.24, 2.45) is 14.1 Å². The van der Waals surface area contributed by atoms with Gasteiger partial charge < -0.3 is 14.1 Å². The third kappa shape index (κ3) is 1.83. The third-order valence-electron chi connectivity index (χ3n) is 2.58. The summed E-state index contributed by atoms with van der Waals surface area (Å²) in [6.45, 7) is 0. The first kappa shape index (κ1) is 11.4. The average Bonchev–Trinajstić information content (AvgIpc) is 2.84. The molecule has 6 heteroatoms. The normalized spacial score (nSPS) is 12.6. The highest BCUT2D eigenvalue weighted by atomic mass is 16.4. The molecule has 0 saturated carbocycles. The summed E-state index contributed by atoms with van der Waals surface area (Å²) in [4.78, 5) is 23.3. The molecule has 2 aromatic heterocycles. The van der Waals surface area contributed by atoms with Gasteiger partial charge in [-0.05, 0) is 12.1 Å². The molecule has 0 bridgehead atoms. The molecular weight excluding hydrogens is 224 g/mol. The number of rotatable bonds is 2. The number of aliphatic hydroxyl groups is 1. The van der Waals surface area contributed by atoms with Gasteiger partial charge in [-0.2, -0.15) is 0 Å². The minimum atomic E-state index is -1.17. The maximum absolute atomic E-state index is 11.8. The molecule has 0 radical (unpaired) electrons. The van der Waals surface area contributed by atoms with E-state index >= 15 is 0 Å². The Morgan fingerprint density at radius 1 is 1.35 bits per heavy atom. The van der Waals surface area contributed by atoms with Gasteiger partial charge in [-0.1, -0.05) is 0 Å². The Bertz CT molecular complexity index is 636. The van der Waals surface area contributed by atoms with Crippen LogP contribution < -0.4 is 11.2 Å². The molecule has 0 aliphatic heterocycles. The van der Waals surface area contributed by atoms with Crippen molar-refractivity contribution in [2.45, 2.75) is 6.10 Å². The largest absolute Gasteiger partial charge is 0.466 e. The minimum absolute atomic E-state index is 0.101. The summed E-state index contributed by atoms with van der Waals surface area (Å²) in [6.07, 6.45) is 1.55. The van der Waals surface area contributed by atoms with Gasteiger partial charge in [-0.25, -0.2) is 4.79 Å². The summed E-state index contributed by atoms with van der Waals surface area (Å²) in [5.41, 5.74) is -0.869. The van der Waals surface area contributed by atoms with Gasteiger partial charge in [-0.3, -0.25) is 9.36 Å². The standard InChI is InChI=1S/C11H12N2O4/c1-12-6-7(10(15)13(2)11(12)16)9(14)8-4-3-5-17-8/h3-6,9,14H,1-2H3. The number of aliphatic hydroxyl groups excluding tert-OH is 1. The Hall–Kier alpha value is -2.08. The van der Waals surface area contributed by atoms with Crippen LogP contribution in [0, 0.1) is 0 Å². The summed E-state index contributed by atoms with van der Waals surface area (Å²) >= 11 is 0. The molecule has 2 rings (SSSR count). The molecule has 0 amide bonds. The third-order valence-corrected chi connectivity index (χ3v) is 2.58. The predicted molar refractivity (Wildman–Crippen MR) is 59.7 cm³/mol. The first-order valence-electron chi connectivity index (χ1n) is 5.00. The summed E-state index contributed by atoms with van der Waals surface area (Å²) < 4.78 is 7.21. The number of aromatic nitrogens is 2. The number of hydrogen-bond acceptors (Lipinski definition) is 4. The van der Waals surface area contributed by atoms with E-state index in [4.69, 9.17) is 4.42 Å². The van der Waals surface area contributed by atoms with Crippen LogP contribution in [-0.2, 0) is 14.1 Å². The fraction of sp³-hybridized carbons (Fsp3) is 0.273. The fourth-order valence-corrected chi connectivity index (χ4v) is 1.62. The molecular formula is C11H12N2O4. The van der Waals surface area contributed by atoms with E-state index in [0.29, 0.717) is 0 Å². The number of nitrogens with zero attached hydrogens (tertiary/aromatic N) is 2. The lowest BCUT2D eigenvalue weighted by Gasteiger charge is -2.10. The topological polar surface area (TPSA) is 77.4 Å². The molecule has 1 unspecified atom stereocenters. The average molecular weight is 236 g/mol. The molecule has 2 heterocycles. The molecule has 0 aliphatic rings. The van der Waals surface area contributed by atoms with Gasteiger partial charge >= 0.3 is 5.69 Å². The van der Waals surface area contributed by atoms with Gasteiger partial charge in [0.15, 0.2) is 0 Å². The van der Waals surface area contributed by atoms with Crippen molar-refractivity contribution in [3.05, 3.63) is 56.8 Å². The first-order valence-corrected chi connectivity index (χ1v) is 5.00. The summed E-state index contributed by atoms with van der Waals surface area (Å²) in [5.74, 6) is 0.265. The number of furan rings is 1. The molecule has 0 aliphatic carbocycles. The molecule has 0 fully saturated rings. The second-order valence-corrected chi connectivity index (χ2v) is 3.76. The van der Waals surface area contributed by atoms with Gasteiger partial charge in [0, 0.05) is 20.3 Å². The zero-order chi connectivity index (χ0) is 12.6. The zero-order valence-corrected chi connectivity index (χ0v) is 9.45. The Balaban J connectivity index is 2.62. The maximum atomic E-state index is 11.8. The van der Waals surface area contributed by atoms with E-state index in [1.54, 1.807) is 12.1 Å². The van der Waals surface area contributed by atoms with Crippen molar-refractivity contribution in [3.8, 4) is 0 Å². The van der Waals surface area contributed by atoms with Gasteiger partial charge in [0.05, 0.1) is 11.8 Å². The Kier molecular flexibility index (Phi) is 2.72. The van der Waals surface area contributed by atoms with E-state index in [0.717, 1.165) is 4.57 Å². The Morgan fingerprint density at radius 3 is 2.65 bits per heavy atom. The molecule has 0 aromatic carbocycles.